The van der Waals surface area contributed by atoms with Gasteiger partial charge in [0.15, 0.2) is 5.75 Å². The summed E-state index contributed by atoms with van der Waals surface area (Å²) in [5.41, 5.74) is 7.38. The van der Waals surface area contributed by atoms with E-state index in [1.807, 2.05) is 57.2 Å². The van der Waals surface area contributed by atoms with E-state index in [0.29, 0.717) is 12.4 Å². The molecule has 0 saturated carbocycles. The Kier molecular flexibility index (Phi) is 9.51. The molecule has 0 unspecified atom stereocenters. The molecule has 0 radical (unpaired) electrons. The van der Waals surface area contributed by atoms with Gasteiger partial charge in [-0.05, 0) is 50.8 Å². The molecule has 0 aliphatic carbocycles. The fourth-order valence-corrected chi connectivity index (χ4v) is 2.30. The lowest BCUT2D eigenvalue weighted by molar-refractivity contribution is -0.386. The van der Waals surface area contributed by atoms with E-state index in [9.17, 15) is 10.1 Å². The standard InChI is InChI=1S/C18H21NO3.C4H11N/c1-2-3-5-8-15-11-12-18(17(13-15)19(20)21)22-14-16-9-6-4-7-10-16;1-4(2,3)5/h4,6-7,9-13H,2-3,5,8,14H2,1H3;5H2,1-3H3. The number of unbranched alkanes of at least 4 members (excludes halogenated alkanes) is 2. The highest BCUT2D eigenvalue weighted by Gasteiger charge is 2.16. The van der Waals surface area contributed by atoms with Crippen molar-refractivity contribution in [1.82, 2.24) is 0 Å². The van der Waals surface area contributed by atoms with Crippen molar-refractivity contribution in [2.24, 2.45) is 5.73 Å². The van der Waals surface area contributed by atoms with Crippen molar-refractivity contribution in [3.05, 3.63) is 69.8 Å². The second-order valence-corrected chi connectivity index (χ2v) is 7.66. The molecule has 0 aliphatic heterocycles. The molecule has 0 heterocycles. The first-order chi connectivity index (χ1) is 12.7. The van der Waals surface area contributed by atoms with Crippen LogP contribution in [0.4, 0.5) is 5.69 Å². The Hall–Kier alpha value is -2.40. The summed E-state index contributed by atoms with van der Waals surface area (Å²) in [6, 6.07) is 14.9. The summed E-state index contributed by atoms with van der Waals surface area (Å²) in [6.07, 6.45) is 4.20. The van der Waals surface area contributed by atoms with Gasteiger partial charge in [-0.25, -0.2) is 0 Å². The molecule has 0 aliphatic rings. The van der Waals surface area contributed by atoms with E-state index in [1.165, 1.54) is 0 Å². The van der Waals surface area contributed by atoms with Gasteiger partial charge in [0.25, 0.3) is 0 Å². The van der Waals surface area contributed by atoms with Crippen LogP contribution in [0.25, 0.3) is 0 Å². The Labute approximate surface area is 162 Å². The highest BCUT2D eigenvalue weighted by molar-refractivity contribution is 5.48. The van der Waals surface area contributed by atoms with Crippen LogP contribution in [-0.4, -0.2) is 10.5 Å². The molecule has 5 nitrogen and oxygen atoms in total. The largest absolute Gasteiger partial charge is 0.482 e. The van der Waals surface area contributed by atoms with Crippen LogP contribution in [-0.2, 0) is 13.0 Å². The van der Waals surface area contributed by atoms with Crippen LogP contribution in [0.3, 0.4) is 0 Å². The number of benzene rings is 2. The van der Waals surface area contributed by atoms with Crippen molar-refractivity contribution in [3.63, 3.8) is 0 Å². The molecule has 27 heavy (non-hydrogen) atoms. The van der Waals surface area contributed by atoms with Crippen LogP contribution in [0.15, 0.2) is 48.5 Å². The first kappa shape index (κ1) is 22.6. The van der Waals surface area contributed by atoms with Gasteiger partial charge in [0.2, 0.25) is 0 Å². The minimum atomic E-state index is -0.371. The zero-order valence-corrected chi connectivity index (χ0v) is 16.9. The second-order valence-electron chi connectivity index (χ2n) is 7.66. The van der Waals surface area contributed by atoms with Gasteiger partial charge in [0.05, 0.1) is 4.92 Å². The SMILES string of the molecule is CC(C)(C)N.CCCCCc1ccc(OCc2ccccc2)c([N+](=O)[O-])c1. The molecular weight excluding hydrogens is 340 g/mol. The summed E-state index contributed by atoms with van der Waals surface area (Å²) in [4.78, 5) is 10.9. The molecule has 0 amide bonds. The number of nitrogens with two attached hydrogens (primary N) is 1. The summed E-state index contributed by atoms with van der Waals surface area (Å²) >= 11 is 0. The fourth-order valence-electron chi connectivity index (χ4n) is 2.30. The Bertz CT molecular complexity index is 688. The number of hydrogen-bond donors (Lipinski definition) is 1. The lowest BCUT2D eigenvalue weighted by Gasteiger charge is -2.08. The molecule has 0 spiro atoms. The van der Waals surface area contributed by atoms with E-state index in [4.69, 9.17) is 10.5 Å². The van der Waals surface area contributed by atoms with E-state index in [-0.39, 0.29) is 16.1 Å². The monoisotopic (exact) mass is 372 g/mol. The average molecular weight is 373 g/mol. The Morgan fingerprint density at radius 3 is 2.22 bits per heavy atom. The van der Waals surface area contributed by atoms with Gasteiger partial charge in [0.1, 0.15) is 6.61 Å². The van der Waals surface area contributed by atoms with Crippen LogP contribution < -0.4 is 10.5 Å². The molecule has 2 rings (SSSR count). The molecule has 5 heteroatoms. The zero-order valence-electron chi connectivity index (χ0n) is 16.9. The lowest BCUT2D eigenvalue weighted by Crippen LogP contribution is -2.26. The molecule has 0 saturated heterocycles. The van der Waals surface area contributed by atoms with E-state index in [2.05, 4.69) is 6.92 Å². The van der Waals surface area contributed by atoms with Crippen molar-refractivity contribution < 1.29 is 9.66 Å². The molecular formula is C22H32N2O3. The van der Waals surface area contributed by atoms with Gasteiger partial charge in [-0.1, -0.05) is 56.2 Å². The number of nitrogens with zero attached hydrogens (tertiary/aromatic N) is 1. The average Bonchev–Trinajstić information content (AvgIpc) is 2.60. The molecule has 0 fully saturated rings. The van der Waals surface area contributed by atoms with Gasteiger partial charge in [0, 0.05) is 11.6 Å². The molecule has 2 N–H and O–H groups in total. The smallest absolute Gasteiger partial charge is 0.311 e. The van der Waals surface area contributed by atoms with Gasteiger partial charge >= 0.3 is 5.69 Å². The first-order valence-electron chi connectivity index (χ1n) is 9.43. The summed E-state index contributed by atoms with van der Waals surface area (Å²) in [7, 11) is 0. The van der Waals surface area contributed by atoms with E-state index in [0.717, 1.165) is 36.8 Å². The molecule has 0 aromatic heterocycles. The molecule has 148 valence electrons. The van der Waals surface area contributed by atoms with E-state index >= 15 is 0 Å². The van der Waals surface area contributed by atoms with Gasteiger partial charge in [-0.2, -0.15) is 0 Å². The summed E-state index contributed by atoms with van der Waals surface area (Å²) in [5, 5.41) is 11.2. The normalized spacial score (nSPS) is 10.7. The first-order valence-corrected chi connectivity index (χ1v) is 9.43. The van der Waals surface area contributed by atoms with Gasteiger partial charge < -0.3 is 10.5 Å². The van der Waals surface area contributed by atoms with E-state index in [1.54, 1.807) is 12.1 Å². The minimum Gasteiger partial charge on any atom is -0.482 e. The van der Waals surface area contributed by atoms with Gasteiger partial charge in [-0.15, -0.1) is 0 Å². The number of aryl methyl sites for hydroxylation is 1. The number of ether oxygens (including phenoxy) is 1. The van der Waals surface area contributed by atoms with Crippen molar-refractivity contribution in [3.8, 4) is 5.75 Å². The predicted octanol–water partition coefficient (Wildman–Crippen LogP) is 5.65. The summed E-state index contributed by atoms with van der Waals surface area (Å²) < 4.78 is 5.62. The Morgan fingerprint density at radius 2 is 1.67 bits per heavy atom. The fraction of sp³-hybridized carbons (Fsp3) is 0.455. The lowest BCUT2D eigenvalue weighted by atomic mass is 10.1. The minimum absolute atomic E-state index is 0. The van der Waals surface area contributed by atoms with Crippen LogP contribution >= 0.6 is 0 Å². The maximum absolute atomic E-state index is 11.2. The maximum atomic E-state index is 11.2. The quantitative estimate of drug-likeness (QED) is 0.369. The van der Waals surface area contributed by atoms with Crippen molar-refractivity contribution in [2.45, 2.75) is 65.5 Å². The number of rotatable bonds is 8. The third-order valence-corrected chi connectivity index (χ3v) is 3.53. The third-order valence-electron chi connectivity index (χ3n) is 3.53. The highest BCUT2D eigenvalue weighted by atomic mass is 16.6. The predicted molar refractivity (Wildman–Crippen MR) is 111 cm³/mol. The van der Waals surface area contributed by atoms with E-state index < -0.39 is 0 Å². The van der Waals surface area contributed by atoms with Crippen LogP contribution in [0.2, 0.25) is 0 Å². The zero-order chi connectivity index (χ0) is 20.3. The third kappa shape index (κ3) is 10.4. The van der Waals surface area contributed by atoms with Crippen LogP contribution in [0, 0.1) is 10.1 Å². The number of nitro groups is 1. The molecule has 2 aromatic rings. The number of nitro benzene ring substituents is 1. The molecule has 0 bridgehead atoms. The Morgan fingerprint density at radius 1 is 1.04 bits per heavy atom. The highest BCUT2D eigenvalue weighted by Crippen LogP contribution is 2.29. The Balaban J connectivity index is 0.000000646. The second kappa shape index (κ2) is 11.3. The van der Waals surface area contributed by atoms with Crippen molar-refractivity contribution in [2.75, 3.05) is 0 Å². The summed E-state index contributed by atoms with van der Waals surface area (Å²) in [5.74, 6) is 0.327. The number of hydrogen-bond acceptors (Lipinski definition) is 4. The van der Waals surface area contributed by atoms with Crippen molar-refractivity contribution >= 4 is 5.69 Å². The molecule has 2 aromatic carbocycles. The van der Waals surface area contributed by atoms with Gasteiger partial charge in [-0.3, -0.25) is 10.1 Å². The molecule has 0 atom stereocenters. The maximum Gasteiger partial charge on any atom is 0.311 e. The summed E-state index contributed by atoms with van der Waals surface area (Å²) in [6.45, 7) is 8.37. The topological polar surface area (TPSA) is 78.4 Å². The van der Waals surface area contributed by atoms with Crippen LogP contribution in [0.1, 0.15) is 58.1 Å². The van der Waals surface area contributed by atoms with Crippen LogP contribution in [0.5, 0.6) is 5.75 Å². The van der Waals surface area contributed by atoms with Crippen molar-refractivity contribution in [1.29, 1.82) is 0 Å².